The third-order valence-electron chi connectivity index (χ3n) is 3.96. The number of benzene rings is 1. The van der Waals surface area contributed by atoms with Gasteiger partial charge in [-0.25, -0.2) is 0 Å². The smallest absolute Gasteiger partial charge is 0.293 e. The van der Waals surface area contributed by atoms with Crippen molar-refractivity contribution in [2.24, 2.45) is 11.8 Å². The Bertz CT molecular complexity index is 539. The van der Waals surface area contributed by atoms with Gasteiger partial charge >= 0.3 is 0 Å². The van der Waals surface area contributed by atoms with E-state index >= 15 is 0 Å². The lowest BCUT2D eigenvalue weighted by atomic mass is 9.87. The lowest BCUT2D eigenvalue weighted by Crippen LogP contribution is -2.37. The van der Waals surface area contributed by atoms with E-state index in [1.54, 1.807) is 0 Å². The highest BCUT2D eigenvalue weighted by atomic mass is 16.6. The molecule has 1 aliphatic rings. The molecule has 1 aliphatic carbocycles. The number of nitrogen functional groups attached to an aromatic ring is 1. The highest BCUT2D eigenvalue weighted by Crippen LogP contribution is 2.26. The molecule has 0 unspecified atom stereocenters. The summed E-state index contributed by atoms with van der Waals surface area (Å²) in [5.74, 6) is 5.76. The van der Waals surface area contributed by atoms with Gasteiger partial charge in [-0.15, -0.1) is 0 Å². The molecule has 2 rings (SSSR count). The number of hydrogen-bond acceptors (Lipinski definition) is 5. The highest BCUT2D eigenvalue weighted by molar-refractivity contribution is 5.96. The number of nitrogens with two attached hydrogens (primary N) is 1. The molecule has 0 heterocycles. The summed E-state index contributed by atoms with van der Waals surface area (Å²) < 4.78 is 0. The van der Waals surface area contributed by atoms with Crippen molar-refractivity contribution in [3.05, 3.63) is 33.9 Å². The van der Waals surface area contributed by atoms with Crippen LogP contribution in [0, 0.1) is 16.0 Å². The van der Waals surface area contributed by atoms with Crippen molar-refractivity contribution < 1.29 is 9.72 Å². The van der Waals surface area contributed by atoms with Crippen LogP contribution >= 0.6 is 0 Å². The summed E-state index contributed by atoms with van der Waals surface area (Å²) in [6, 6.07) is 4.31. The molecule has 1 aromatic carbocycles. The number of rotatable bonds is 4. The molecule has 1 amide bonds. The summed E-state index contributed by atoms with van der Waals surface area (Å²) >= 11 is 0. The number of nitrogens with one attached hydrogen (secondary N) is 2. The van der Waals surface area contributed by atoms with E-state index < -0.39 is 4.92 Å². The second-order valence-electron chi connectivity index (χ2n) is 5.56. The molecule has 0 spiro atoms. The maximum atomic E-state index is 12.2. The van der Waals surface area contributed by atoms with E-state index in [2.05, 4.69) is 17.7 Å². The van der Waals surface area contributed by atoms with Crippen LogP contribution in [-0.2, 0) is 0 Å². The zero-order valence-electron chi connectivity index (χ0n) is 12.0. The standard InChI is InChI=1S/C14H20N4O3/c1-9-2-5-11(6-3-9)16-14(19)10-4-7-13(18(20)21)12(8-10)17-15/h4,7-9,11,17H,2-3,5-6,15H2,1H3,(H,16,19). The van der Waals surface area contributed by atoms with Crippen molar-refractivity contribution >= 4 is 17.3 Å². The largest absolute Gasteiger partial charge is 0.349 e. The average molecular weight is 292 g/mol. The molecule has 0 aromatic heterocycles. The van der Waals surface area contributed by atoms with Crippen LogP contribution in [0.5, 0.6) is 0 Å². The summed E-state index contributed by atoms with van der Waals surface area (Å²) in [5, 5.41) is 13.8. The van der Waals surface area contributed by atoms with Crippen LogP contribution in [0.2, 0.25) is 0 Å². The first-order chi connectivity index (χ1) is 10.0. The Morgan fingerprint density at radius 2 is 2.00 bits per heavy atom. The first-order valence-corrected chi connectivity index (χ1v) is 7.07. The second-order valence-corrected chi connectivity index (χ2v) is 5.56. The first-order valence-electron chi connectivity index (χ1n) is 7.07. The Balaban J connectivity index is 2.07. The second kappa shape index (κ2) is 6.53. The molecule has 7 heteroatoms. The summed E-state index contributed by atoms with van der Waals surface area (Å²) in [5.41, 5.74) is 2.60. The summed E-state index contributed by atoms with van der Waals surface area (Å²) in [6.45, 7) is 2.22. The predicted octanol–water partition coefficient (Wildman–Crippen LogP) is 2.19. The third-order valence-corrected chi connectivity index (χ3v) is 3.96. The number of carbonyl (C=O) groups is 1. The molecule has 0 saturated heterocycles. The monoisotopic (exact) mass is 292 g/mol. The molecule has 0 radical (unpaired) electrons. The molecule has 114 valence electrons. The molecular weight excluding hydrogens is 272 g/mol. The number of amides is 1. The van der Waals surface area contributed by atoms with Gasteiger partial charge in [0.2, 0.25) is 0 Å². The van der Waals surface area contributed by atoms with Gasteiger partial charge in [0, 0.05) is 17.7 Å². The maximum absolute atomic E-state index is 12.2. The lowest BCUT2D eigenvalue weighted by molar-refractivity contribution is -0.384. The Morgan fingerprint density at radius 1 is 1.33 bits per heavy atom. The van der Waals surface area contributed by atoms with Crippen LogP contribution < -0.4 is 16.6 Å². The van der Waals surface area contributed by atoms with E-state index in [4.69, 9.17) is 5.84 Å². The zero-order valence-corrected chi connectivity index (χ0v) is 12.0. The van der Waals surface area contributed by atoms with Gasteiger partial charge in [0.1, 0.15) is 5.69 Å². The zero-order chi connectivity index (χ0) is 15.4. The fraction of sp³-hybridized carbons (Fsp3) is 0.500. The van der Waals surface area contributed by atoms with Crippen LogP contribution in [0.4, 0.5) is 11.4 Å². The van der Waals surface area contributed by atoms with E-state index in [9.17, 15) is 14.9 Å². The Kier molecular flexibility index (Phi) is 4.74. The van der Waals surface area contributed by atoms with E-state index in [-0.39, 0.29) is 23.3 Å². The molecule has 1 fully saturated rings. The van der Waals surface area contributed by atoms with Gasteiger partial charge in [-0.2, -0.15) is 0 Å². The Labute approximate surface area is 123 Å². The van der Waals surface area contributed by atoms with E-state index in [0.717, 1.165) is 25.7 Å². The van der Waals surface area contributed by atoms with Crippen LogP contribution in [0.15, 0.2) is 18.2 Å². The molecular formula is C14H20N4O3. The summed E-state index contributed by atoms with van der Waals surface area (Å²) in [6.07, 6.45) is 4.17. The van der Waals surface area contributed by atoms with Crippen molar-refractivity contribution in [1.29, 1.82) is 0 Å². The van der Waals surface area contributed by atoms with Crippen LogP contribution in [0.1, 0.15) is 43.0 Å². The topological polar surface area (TPSA) is 110 Å². The van der Waals surface area contributed by atoms with Crippen LogP contribution in [0.3, 0.4) is 0 Å². The SMILES string of the molecule is CC1CCC(NC(=O)c2ccc([N+](=O)[O-])c(NN)c2)CC1. The van der Waals surface area contributed by atoms with Crippen molar-refractivity contribution in [2.75, 3.05) is 5.43 Å². The minimum atomic E-state index is -0.542. The predicted molar refractivity (Wildman–Crippen MR) is 79.8 cm³/mol. The maximum Gasteiger partial charge on any atom is 0.293 e. The molecule has 0 bridgehead atoms. The van der Waals surface area contributed by atoms with Crippen LogP contribution in [0.25, 0.3) is 0 Å². The number of nitro groups is 1. The Morgan fingerprint density at radius 3 is 2.57 bits per heavy atom. The average Bonchev–Trinajstić information content (AvgIpc) is 2.48. The lowest BCUT2D eigenvalue weighted by Gasteiger charge is -2.26. The number of nitrogens with zero attached hydrogens (tertiary/aromatic N) is 1. The van der Waals surface area contributed by atoms with Gasteiger partial charge in [0.25, 0.3) is 11.6 Å². The number of anilines is 1. The summed E-state index contributed by atoms with van der Waals surface area (Å²) in [4.78, 5) is 22.5. The van der Waals surface area contributed by atoms with Crippen molar-refractivity contribution in [3.8, 4) is 0 Å². The highest BCUT2D eigenvalue weighted by Gasteiger charge is 2.21. The van der Waals surface area contributed by atoms with E-state index in [0.29, 0.717) is 11.5 Å². The minimum Gasteiger partial charge on any atom is -0.349 e. The number of nitro benzene ring substituents is 1. The van der Waals surface area contributed by atoms with Crippen molar-refractivity contribution in [3.63, 3.8) is 0 Å². The number of hydrazine groups is 1. The third kappa shape index (κ3) is 3.69. The fourth-order valence-electron chi connectivity index (χ4n) is 2.63. The molecule has 21 heavy (non-hydrogen) atoms. The minimum absolute atomic E-state index is 0.130. The Hall–Kier alpha value is -2.15. The number of carbonyl (C=O) groups excluding carboxylic acids is 1. The van der Waals surface area contributed by atoms with Crippen molar-refractivity contribution in [1.82, 2.24) is 5.32 Å². The molecule has 0 atom stereocenters. The fourth-order valence-corrected chi connectivity index (χ4v) is 2.63. The molecule has 4 N–H and O–H groups in total. The van der Waals surface area contributed by atoms with Crippen molar-refractivity contribution in [2.45, 2.75) is 38.6 Å². The molecule has 7 nitrogen and oxygen atoms in total. The normalized spacial score (nSPS) is 21.6. The van der Waals surface area contributed by atoms with E-state index in [1.165, 1.54) is 18.2 Å². The van der Waals surface area contributed by atoms with Gasteiger partial charge in [0.05, 0.1) is 4.92 Å². The van der Waals surface area contributed by atoms with Gasteiger partial charge in [0.15, 0.2) is 0 Å². The van der Waals surface area contributed by atoms with E-state index in [1.807, 2.05) is 0 Å². The number of hydrogen-bond donors (Lipinski definition) is 3. The van der Waals surface area contributed by atoms with Gasteiger partial charge in [-0.3, -0.25) is 20.8 Å². The quantitative estimate of drug-likeness (QED) is 0.447. The molecule has 1 saturated carbocycles. The van der Waals surface area contributed by atoms with Crippen LogP contribution in [-0.4, -0.2) is 16.9 Å². The molecule has 0 aliphatic heterocycles. The molecule has 1 aromatic rings. The van der Waals surface area contributed by atoms with Gasteiger partial charge in [-0.1, -0.05) is 6.92 Å². The first kappa shape index (κ1) is 15.2. The summed E-state index contributed by atoms with van der Waals surface area (Å²) in [7, 11) is 0. The van der Waals surface area contributed by atoms with Gasteiger partial charge < -0.3 is 10.7 Å². The van der Waals surface area contributed by atoms with Gasteiger partial charge in [-0.05, 0) is 43.7 Å².